The van der Waals surface area contributed by atoms with Crippen LogP contribution >= 0.6 is 11.6 Å². The Labute approximate surface area is 167 Å². The molecule has 150 valence electrons. The lowest BCUT2D eigenvalue weighted by molar-refractivity contribution is 0.0106. The van der Waals surface area contributed by atoms with Crippen molar-refractivity contribution in [3.8, 4) is 5.75 Å². The van der Waals surface area contributed by atoms with Gasteiger partial charge >= 0.3 is 0 Å². The first kappa shape index (κ1) is 19.6. The predicted molar refractivity (Wildman–Crippen MR) is 100 cm³/mol. The van der Waals surface area contributed by atoms with Gasteiger partial charge in [0.05, 0.1) is 23.2 Å². The van der Waals surface area contributed by atoms with Gasteiger partial charge in [0.2, 0.25) is 0 Å². The number of hydrogen-bond donors (Lipinski definition) is 0. The highest BCUT2D eigenvalue weighted by molar-refractivity contribution is 7.92. The second-order valence-corrected chi connectivity index (χ2v) is 9.86. The van der Waals surface area contributed by atoms with Crippen molar-refractivity contribution in [1.29, 1.82) is 0 Å². The molecule has 3 unspecified atom stereocenters. The van der Waals surface area contributed by atoms with E-state index in [0.717, 1.165) is 12.1 Å². The Morgan fingerprint density at radius 2 is 1.82 bits per heavy atom. The minimum Gasteiger partial charge on any atom is -0.490 e. The molecule has 3 atom stereocenters. The van der Waals surface area contributed by atoms with Crippen LogP contribution in [0.1, 0.15) is 24.8 Å². The molecule has 1 heterocycles. The normalized spacial score (nSPS) is 26.9. The van der Waals surface area contributed by atoms with E-state index in [2.05, 4.69) is 0 Å². The van der Waals surface area contributed by atoms with Crippen molar-refractivity contribution in [3.05, 3.63) is 58.6 Å². The number of sulfone groups is 1. The third kappa shape index (κ3) is 2.75. The number of methoxy groups -OCH3 is 1. The smallest absolute Gasteiger partial charge is 0.188 e. The van der Waals surface area contributed by atoms with Crippen LogP contribution in [-0.4, -0.2) is 28.2 Å². The maximum absolute atomic E-state index is 15.0. The highest BCUT2D eigenvalue weighted by Gasteiger charge is 2.59. The van der Waals surface area contributed by atoms with E-state index in [1.165, 1.54) is 24.3 Å². The third-order valence-electron chi connectivity index (χ3n) is 5.89. The maximum atomic E-state index is 15.0. The van der Waals surface area contributed by atoms with Crippen molar-refractivity contribution in [1.82, 2.24) is 0 Å². The van der Waals surface area contributed by atoms with Gasteiger partial charge in [-0.05, 0) is 55.7 Å². The summed E-state index contributed by atoms with van der Waals surface area (Å²) >= 11 is 5.91. The monoisotopic (exact) mass is 428 g/mol. The molecule has 28 heavy (non-hydrogen) atoms. The minimum atomic E-state index is -4.09. The van der Waals surface area contributed by atoms with Gasteiger partial charge in [0.1, 0.15) is 10.6 Å². The van der Waals surface area contributed by atoms with Crippen LogP contribution in [0.25, 0.3) is 0 Å². The molecule has 4 rings (SSSR count). The van der Waals surface area contributed by atoms with Gasteiger partial charge < -0.3 is 9.47 Å². The van der Waals surface area contributed by atoms with E-state index in [4.69, 9.17) is 21.1 Å². The number of rotatable bonds is 3. The Kier molecular flexibility index (Phi) is 4.88. The largest absolute Gasteiger partial charge is 0.490 e. The molecule has 0 N–H and O–H groups in total. The lowest BCUT2D eigenvalue weighted by Gasteiger charge is -2.48. The number of halogens is 3. The lowest BCUT2D eigenvalue weighted by Crippen LogP contribution is -2.53. The number of fused-ring (bicyclic) bond motifs is 3. The molecular formula is C20H19ClF2O4S. The van der Waals surface area contributed by atoms with Gasteiger partial charge in [-0.25, -0.2) is 17.2 Å². The van der Waals surface area contributed by atoms with Crippen molar-refractivity contribution >= 4 is 21.4 Å². The van der Waals surface area contributed by atoms with Crippen LogP contribution in [0.4, 0.5) is 8.78 Å². The summed E-state index contributed by atoms with van der Waals surface area (Å²) in [5.41, 5.74) is -0.215. The number of hydrogen-bond acceptors (Lipinski definition) is 4. The molecule has 0 amide bonds. The molecule has 0 aromatic heterocycles. The molecule has 0 bridgehead atoms. The van der Waals surface area contributed by atoms with E-state index in [0.29, 0.717) is 17.9 Å². The van der Waals surface area contributed by atoms with Crippen molar-refractivity contribution in [2.24, 2.45) is 5.92 Å². The fraction of sp³-hybridized carbons (Fsp3) is 0.400. The topological polar surface area (TPSA) is 52.6 Å². The molecule has 1 aliphatic carbocycles. The maximum Gasteiger partial charge on any atom is 0.188 e. The van der Waals surface area contributed by atoms with Gasteiger partial charge in [0, 0.05) is 18.1 Å². The summed E-state index contributed by atoms with van der Waals surface area (Å²) in [6.07, 6.45) is 0.728. The standard InChI is InChI=1S/C20H19ClF2O4S/c1-26-14-8-9-20(28(24,25)15-4-2-13(21)3-5-15)12(10-14)11-27-19-17(23)7-6-16(22)18(19)20/h2-7,12,14H,8-11H2,1H3. The second kappa shape index (κ2) is 6.97. The van der Waals surface area contributed by atoms with Gasteiger partial charge in [-0.3, -0.25) is 0 Å². The first-order valence-electron chi connectivity index (χ1n) is 8.95. The molecule has 0 spiro atoms. The van der Waals surface area contributed by atoms with Crippen LogP contribution in [-0.2, 0) is 19.3 Å². The van der Waals surface area contributed by atoms with Crippen molar-refractivity contribution < 1.29 is 26.7 Å². The quantitative estimate of drug-likeness (QED) is 0.722. The molecule has 1 fully saturated rings. The van der Waals surface area contributed by atoms with E-state index in [1.807, 2.05) is 0 Å². The average Bonchev–Trinajstić information content (AvgIpc) is 2.69. The summed E-state index contributed by atoms with van der Waals surface area (Å²) in [7, 11) is -2.53. The van der Waals surface area contributed by atoms with E-state index in [-0.39, 0.29) is 35.3 Å². The van der Waals surface area contributed by atoms with E-state index in [9.17, 15) is 17.2 Å². The number of benzene rings is 2. The molecule has 0 radical (unpaired) electrons. The Balaban J connectivity index is 1.99. The Morgan fingerprint density at radius 1 is 1.14 bits per heavy atom. The lowest BCUT2D eigenvalue weighted by atomic mass is 9.72. The SMILES string of the molecule is COC1CCC2(S(=O)(=O)c3ccc(Cl)cc3)c3c(F)ccc(F)c3OCC2C1. The number of ether oxygens (including phenoxy) is 2. The predicted octanol–water partition coefficient (Wildman–Crippen LogP) is 4.49. The molecular weight excluding hydrogens is 410 g/mol. The summed E-state index contributed by atoms with van der Waals surface area (Å²) in [5.74, 6) is -2.44. The molecule has 1 aliphatic heterocycles. The molecule has 2 aromatic carbocycles. The van der Waals surface area contributed by atoms with Crippen LogP contribution in [0.15, 0.2) is 41.3 Å². The van der Waals surface area contributed by atoms with Crippen LogP contribution in [0.2, 0.25) is 5.02 Å². The van der Waals surface area contributed by atoms with E-state index >= 15 is 0 Å². The molecule has 0 saturated heterocycles. The zero-order chi connectivity index (χ0) is 20.1. The molecule has 8 heteroatoms. The molecule has 2 aliphatic rings. The van der Waals surface area contributed by atoms with Crippen LogP contribution in [0.5, 0.6) is 5.75 Å². The minimum absolute atomic E-state index is 0.0225. The zero-order valence-electron chi connectivity index (χ0n) is 15.1. The van der Waals surface area contributed by atoms with Gasteiger partial charge in [0.25, 0.3) is 0 Å². The van der Waals surface area contributed by atoms with Crippen LogP contribution in [0, 0.1) is 17.6 Å². The zero-order valence-corrected chi connectivity index (χ0v) is 16.7. The van der Waals surface area contributed by atoms with Gasteiger partial charge in [-0.1, -0.05) is 11.6 Å². The van der Waals surface area contributed by atoms with Gasteiger partial charge in [-0.2, -0.15) is 0 Å². The Hall–Kier alpha value is -1.70. The summed E-state index contributed by atoms with van der Waals surface area (Å²) in [5, 5.41) is 0.390. The van der Waals surface area contributed by atoms with Crippen molar-refractivity contribution in [2.45, 2.75) is 35.0 Å². The first-order valence-corrected chi connectivity index (χ1v) is 10.8. The summed E-state index contributed by atoms with van der Waals surface area (Å²) < 4.78 is 66.4. The van der Waals surface area contributed by atoms with Crippen LogP contribution < -0.4 is 4.74 Å². The second-order valence-electron chi connectivity index (χ2n) is 7.22. The molecule has 4 nitrogen and oxygen atoms in total. The fourth-order valence-corrected chi connectivity index (χ4v) is 7.01. The highest BCUT2D eigenvalue weighted by atomic mass is 35.5. The average molecular weight is 429 g/mol. The highest BCUT2D eigenvalue weighted by Crippen LogP contribution is 2.56. The Bertz CT molecular complexity index is 1010. The third-order valence-corrected chi connectivity index (χ3v) is 8.74. The van der Waals surface area contributed by atoms with E-state index < -0.39 is 32.1 Å². The van der Waals surface area contributed by atoms with Gasteiger partial charge in [0.15, 0.2) is 21.4 Å². The van der Waals surface area contributed by atoms with Crippen molar-refractivity contribution in [3.63, 3.8) is 0 Å². The molecule has 1 saturated carbocycles. The fourth-order valence-electron chi connectivity index (χ4n) is 4.52. The van der Waals surface area contributed by atoms with Crippen LogP contribution in [0.3, 0.4) is 0 Å². The van der Waals surface area contributed by atoms with Gasteiger partial charge in [-0.15, -0.1) is 0 Å². The van der Waals surface area contributed by atoms with Crippen molar-refractivity contribution in [2.75, 3.05) is 13.7 Å². The summed E-state index contributed by atoms with van der Waals surface area (Å²) in [6, 6.07) is 7.67. The summed E-state index contributed by atoms with van der Waals surface area (Å²) in [6.45, 7) is -0.0277. The summed E-state index contributed by atoms with van der Waals surface area (Å²) in [4.78, 5) is 0.0225. The first-order chi connectivity index (χ1) is 13.3. The molecule has 2 aromatic rings. The van der Waals surface area contributed by atoms with E-state index in [1.54, 1.807) is 7.11 Å². The Morgan fingerprint density at radius 3 is 2.50 bits per heavy atom.